The van der Waals surface area contributed by atoms with Gasteiger partial charge in [-0.05, 0) is 54.8 Å². The van der Waals surface area contributed by atoms with E-state index in [2.05, 4.69) is 10.3 Å². The van der Waals surface area contributed by atoms with Gasteiger partial charge in [0, 0.05) is 25.5 Å². The number of aromatic nitrogens is 2. The molecule has 2 aromatic heterocycles. The first kappa shape index (κ1) is 21.9. The van der Waals surface area contributed by atoms with Gasteiger partial charge in [0.05, 0.1) is 20.8 Å². The monoisotopic (exact) mass is 557 g/mol. The van der Waals surface area contributed by atoms with Crippen LogP contribution in [-0.4, -0.2) is 50.7 Å². The van der Waals surface area contributed by atoms with Gasteiger partial charge in [0.1, 0.15) is 11.7 Å². The third-order valence-corrected chi connectivity index (χ3v) is 7.46. The van der Waals surface area contributed by atoms with Crippen LogP contribution in [0.15, 0.2) is 23.3 Å². The Morgan fingerprint density at radius 1 is 1.39 bits per heavy atom. The minimum Gasteiger partial charge on any atom is -0.502 e. The van der Waals surface area contributed by atoms with Crippen molar-refractivity contribution in [3.05, 3.63) is 54.2 Å². The first-order valence-corrected chi connectivity index (χ1v) is 11.4. The van der Waals surface area contributed by atoms with Gasteiger partial charge in [0.2, 0.25) is 5.43 Å². The number of halogens is 2. The Morgan fingerprint density at radius 3 is 2.90 bits per heavy atom. The number of fused-ring (bicyclic) bond motifs is 3. The van der Waals surface area contributed by atoms with E-state index in [1.807, 2.05) is 34.5 Å². The zero-order chi connectivity index (χ0) is 22.3. The number of carbonyl (C=O) groups excluding carboxylic acids is 2. The maximum atomic E-state index is 13.0. The highest BCUT2D eigenvalue weighted by molar-refractivity contribution is 14.1. The number of nitrogens with zero attached hydrogens (tertiary/aromatic N) is 4. The summed E-state index contributed by atoms with van der Waals surface area (Å²) in [6.07, 6.45) is 5.39. The molecule has 164 valence electrons. The van der Waals surface area contributed by atoms with Crippen LogP contribution < -0.4 is 15.8 Å². The van der Waals surface area contributed by atoms with E-state index in [9.17, 15) is 19.5 Å². The number of nitrogens with one attached hydrogen (secondary N) is 1. The van der Waals surface area contributed by atoms with Gasteiger partial charge in [-0.2, -0.15) is 0 Å². The number of aromatic hydroxyl groups is 1. The highest BCUT2D eigenvalue weighted by Crippen LogP contribution is 2.29. The zero-order valence-corrected chi connectivity index (χ0v) is 19.7. The molecule has 0 aromatic carbocycles. The van der Waals surface area contributed by atoms with Crippen LogP contribution in [0.2, 0.25) is 5.02 Å². The molecule has 11 heteroatoms. The lowest BCUT2D eigenvalue weighted by molar-refractivity contribution is 0.0534. The SMILES string of the molecule is CCN1C(=O)c2c(O)c(=O)c(C(=O)NCc3nccc(Cl)c3I)cn2N2CCCC[C@@H]12. The second-order valence-corrected chi connectivity index (χ2v) is 8.87. The van der Waals surface area contributed by atoms with E-state index in [1.165, 1.54) is 17.1 Å². The van der Waals surface area contributed by atoms with Crippen molar-refractivity contribution in [2.75, 3.05) is 18.1 Å². The molecule has 4 heterocycles. The van der Waals surface area contributed by atoms with E-state index in [-0.39, 0.29) is 24.0 Å². The second-order valence-electron chi connectivity index (χ2n) is 7.38. The van der Waals surface area contributed by atoms with Crippen LogP contribution in [-0.2, 0) is 6.54 Å². The van der Waals surface area contributed by atoms with Crippen LogP contribution in [0.25, 0.3) is 0 Å². The maximum Gasteiger partial charge on any atom is 0.278 e. The zero-order valence-electron chi connectivity index (χ0n) is 16.8. The van der Waals surface area contributed by atoms with Crippen molar-refractivity contribution in [2.45, 2.75) is 38.9 Å². The summed E-state index contributed by atoms with van der Waals surface area (Å²) in [6, 6.07) is 1.65. The minimum atomic E-state index is -0.877. The van der Waals surface area contributed by atoms with Crippen LogP contribution in [0.1, 0.15) is 52.7 Å². The Morgan fingerprint density at radius 2 is 2.16 bits per heavy atom. The minimum absolute atomic E-state index is 0.0640. The fraction of sp³-hybridized carbons (Fsp3) is 0.400. The molecule has 1 atom stereocenters. The first-order valence-electron chi connectivity index (χ1n) is 9.98. The Labute approximate surface area is 197 Å². The number of hydrogen-bond acceptors (Lipinski definition) is 6. The lowest BCUT2D eigenvalue weighted by Gasteiger charge is -2.48. The average molecular weight is 558 g/mol. The summed E-state index contributed by atoms with van der Waals surface area (Å²) >= 11 is 8.12. The standard InChI is InChI=1S/C20H21ClIN5O4/c1-2-25-14-5-3-4-8-26(14)27-10-11(17(28)18(29)16(27)20(25)31)19(30)24-9-13-15(22)12(21)6-7-23-13/h6-7,10,14,29H,2-5,8-9H2,1H3,(H,24,30)/t14-/m0/s1. The molecule has 0 aliphatic carbocycles. The van der Waals surface area contributed by atoms with E-state index in [1.54, 1.807) is 11.0 Å². The van der Waals surface area contributed by atoms with Crippen LogP contribution in [0, 0.1) is 3.57 Å². The summed E-state index contributed by atoms with van der Waals surface area (Å²) in [6.45, 7) is 3.04. The third kappa shape index (κ3) is 3.75. The molecule has 0 saturated carbocycles. The molecule has 0 radical (unpaired) electrons. The smallest absolute Gasteiger partial charge is 0.278 e. The van der Waals surface area contributed by atoms with Gasteiger partial charge in [-0.15, -0.1) is 0 Å². The fourth-order valence-corrected chi connectivity index (χ4v) is 4.76. The topological polar surface area (TPSA) is 108 Å². The van der Waals surface area contributed by atoms with Crippen LogP contribution in [0.5, 0.6) is 5.75 Å². The van der Waals surface area contributed by atoms with Gasteiger partial charge in [-0.3, -0.25) is 29.1 Å². The molecule has 2 aliphatic heterocycles. The van der Waals surface area contributed by atoms with Gasteiger partial charge in [-0.25, -0.2) is 0 Å². The summed E-state index contributed by atoms with van der Waals surface area (Å²) in [7, 11) is 0. The quantitative estimate of drug-likeness (QED) is 0.558. The first-order chi connectivity index (χ1) is 14.8. The Hall–Kier alpha value is -2.34. The maximum absolute atomic E-state index is 13.0. The molecule has 2 aliphatic rings. The van der Waals surface area contributed by atoms with E-state index in [0.717, 1.165) is 19.3 Å². The molecule has 31 heavy (non-hydrogen) atoms. The lowest BCUT2D eigenvalue weighted by atomic mass is 10.1. The predicted octanol–water partition coefficient (Wildman–Crippen LogP) is 2.06. The molecule has 0 spiro atoms. The molecule has 0 bridgehead atoms. The third-order valence-electron chi connectivity index (χ3n) is 5.62. The van der Waals surface area contributed by atoms with E-state index in [4.69, 9.17) is 11.6 Å². The number of amides is 2. The summed E-state index contributed by atoms with van der Waals surface area (Å²) in [5.41, 5.74) is -0.654. The van der Waals surface area contributed by atoms with Crippen molar-refractivity contribution >= 4 is 46.0 Å². The van der Waals surface area contributed by atoms with Gasteiger partial charge >= 0.3 is 0 Å². The van der Waals surface area contributed by atoms with Crippen LogP contribution >= 0.6 is 34.2 Å². The molecular formula is C20H21ClIN5O4. The Balaban J connectivity index is 1.70. The highest BCUT2D eigenvalue weighted by Gasteiger charge is 2.40. The summed E-state index contributed by atoms with van der Waals surface area (Å²) < 4.78 is 2.18. The Bertz CT molecular complexity index is 1120. The van der Waals surface area contributed by atoms with Gasteiger partial charge in [-0.1, -0.05) is 11.6 Å². The number of piperidine rings is 1. The summed E-state index contributed by atoms with van der Waals surface area (Å²) in [5.74, 6) is -1.78. The lowest BCUT2D eigenvalue weighted by Crippen LogP contribution is -2.63. The molecule has 2 aromatic rings. The van der Waals surface area contributed by atoms with Crippen molar-refractivity contribution < 1.29 is 14.7 Å². The number of hydrogen-bond donors (Lipinski definition) is 2. The van der Waals surface area contributed by atoms with Crippen LogP contribution in [0.4, 0.5) is 0 Å². The van der Waals surface area contributed by atoms with E-state index >= 15 is 0 Å². The number of carbonyl (C=O) groups is 2. The summed E-state index contributed by atoms with van der Waals surface area (Å²) in [4.78, 5) is 44.4. The molecular weight excluding hydrogens is 537 g/mol. The Kier molecular flexibility index (Phi) is 6.11. The van der Waals surface area contributed by atoms with E-state index < -0.39 is 23.0 Å². The van der Waals surface area contributed by atoms with Crippen molar-refractivity contribution in [1.82, 2.24) is 19.9 Å². The number of rotatable bonds is 4. The largest absolute Gasteiger partial charge is 0.502 e. The highest BCUT2D eigenvalue weighted by atomic mass is 127. The van der Waals surface area contributed by atoms with Crippen molar-refractivity contribution in [2.24, 2.45) is 0 Å². The molecule has 2 amide bonds. The average Bonchev–Trinajstić information content (AvgIpc) is 2.77. The van der Waals surface area contributed by atoms with Crippen molar-refractivity contribution in [3.63, 3.8) is 0 Å². The van der Waals surface area contributed by atoms with Gasteiger partial charge in [0.15, 0.2) is 11.4 Å². The van der Waals surface area contributed by atoms with Crippen molar-refractivity contribution in [1.29, 1.82) is 0 Å². The molecule has 0 unspecified atom stereocenters. The van der Waals surface area contributed by atoms with Crippen molar-refractivity contribution in [3.8, 4) is 5.75 Å². The van der Waals surface area contributed by atoms with Crippen LogP contribution in [0.3, 0.4) is 0 Å². The normalized spacial score (nSPS) is 17.9. The van der Waals surface area contributed by atoms with Gasteiger partial charge < -0.3 is 15.3 Å². The fourth-order valence-electron chi connectivity index (χ4n) is 4.09. The molecule has 1 fully saturated rings. The summed E-state index contributed by atoms with van der Waals surface area (Å²) in [5, 5.41) is 15.7. The molecule has 1 saturated heterocycles. The van der Waals surface area contributed by atoms with Gasteiger partial charge in [0.25, 0.3) is 11.8 Å². The number of pyridine rings is 2. The predicted molar refractivity (Wildman–Crippen MR) is 123 cm³/mol. The second kappa shape index (κ2) is 8.65. The molecule has 9 nitrogen and oxygen atoms in total. The molecule has 2 N–H and O–H groups in total. The molecule has 4 rings (SSSR count). The van der Waals surface area contributed by atoms with E-state index in [0.29, 0.717) is 27.4 Å².